The predicted molar refractivity (Wildman–Crippen MR) is 125 cm³/mol. The van der Waals surface area contributed by atoms with Crippen LogP contribution < -0.4 is 9.64 Å². The lowest BCUT2D eigenvalue weighted by atomic mass is 10.1. The summed E-state index contributed by atoms with van der Waals surface area (Å²) in [6.45, 7) is 1.33. The third-order valence-corrected chi connectivity index (χ3v) is 8.72. The van der Waals surface area contributed by atoms with Crippen LogP contribution in [0.25, 0.3) is 0 Å². The first-order valence-corrected chi connectivity index (χ1v) is 13.1. The van der Waals surface area contributed by atoms with Crippen LogP contribution in [-0.2, 0) is 16.4 Å². The summed E-state index contributed by atoms with van der Waals surface area (Å²) < 4.78 is 67.9. The maximum Gasteiger partial charge on any atom is 0.573 e. The molecule has 0 spiro atoms. The second kappa shape index (κ2) is 9.90. The minimum Gasteiger partial charge on any atom is -0.406 e. The molecule has 1 aromatic heterocycles. The number of piperazine rings is 1. The molecular weight excluding hydrogens is 534 g/mol. The van der Waals surface area contributed by atoms with Gasteiger partial charge in [-0.1, -0.05) is 29.3 Å². The molecule has 34 heavy (non-hydrogen) atoms. The minimum atomic E-state index is -4.84. The first kappa shape index (κ1) is 25.1. The van der Waals surface area contributed by atoms with Gasteiger partial charge in [-0.25, -0.2) is 13.4 Å². The van der Waals surface area contributed by atoms with Gasteiger partial charge in [0.2, 0.25) is 10.0 Å². The van der Waals surface area contributed by atoms with Crippen LogP contribution in [-0.4, -0.2) is 50.2 Å². The number of ether oxygens (including phenoxy) is 1. The van der Waals surface area contributed by atoms with E-state index in [0.717, 1.165) is 40.7 Å². The highest BCUT2D eigenvalue weighted by Crippen LogP contribution is 2.28. The first-order chi connectivity index (χ1) is 16.0. The number of hydrogen-bond donors (Lipinski definition) is 0. The van der Waals surface area contributed by atoms with Crippen LogP contribution in [0.5, 0.6) is 5.75 Å². The zero-order valence-electron chi connectivity index (χ0n) is 17.4. The molecule has 0 bridgehead atoms. The van der Waals surface area contributed by atoms with E-state index in [1.165, 1.54) is 15.6 Å². The Balaban J connectivity index is 1.37. The molecule has 1 saturated heterocycles. The average Bonchev–Trinajstić information content (AvgIpc) is 3.24. The highest BCUT2D eigenvalue weighted by molar-refractivity contribution is 7.89. The molecule has 0 amide bonds. The molecule has 0 atom stereocenters. The second-order valence-corrected chi connectivity index (χ2v) is 11.0. The van der Waals surface area contributed by atoms with Gasteiger partial charge in [-0.05, 0) is 42.0 Å². The van der Waals surface area contributed by atoms with Gasteiger partial charge in [0.15, 0.2) is 5.13 Å². The van der Waals surface area contributed by atoms with Crippen LogP contribution in [0.3, 0.4) is 0 Å². The molecule has 182 valence electrons. The fourth-order valence-electron chi connectivity index (χ4n) is 3.46. The van der Waals surface area contributed by atoms with Crippen molar-refractivity contribution in [2.45, 2.75) is 17.7 Å². The molecule has 1 aliphatic rings. The Labute approximate surface area is 208 Å². The predicted octanol–water partition coefficient (Wildman–Crippen LogP) is 5.45. The van der Waals surface area contributed by atoms with E-state index in [0.29, 0.717) is 29.6 Å². The first-order valence-electron chi connectivity index (χ1n) is 10.0. The van der Waals surface area contributed by atoms with Gasteiger partial charge in [0, 0.05) is 38.0 Å². The van der Waals surface area contributed by atoms with Gasteiger partial charge in [-0.3, -0.25) is 0 Å². The van der Waals surface area contributed by atoms with Gasteiger partial charge in [-0.2, -0.15) is 4.31 Å². The normalized spacial score (nSPS) is 15.5. The quantitative estimate of drug-likeness (QED) is 0.407. The van der Waals surface area contributed by atoms with Crippen LogP contribution in [0.1, 0.15) is 11.3 Å². The van der Waals surface area contributed by atoms with Crippen molar-refractivity contribution in [3.63, 3.8) is 0 Å². The van der Waals surface area contributed by atoms with Crippen LogP contribution in [0.15, 0.2) is 52.7 Å². The van der Waals surface area contributed by atoms with Gasteiger partial charge >= 0.3 is 6.36 Å². The van der Waals surface area contributed by atoms with Crippen molar-refractivity contribution in [2.75, 3.05) is 31.1 Å². The highest BCUT2D eigenvalue weighted by atomic mass is 35.5. The Morgan fingerprint density at radius 1 is 1.00 bits per heavy atom. The lowest BCUT2D eigenvalue weighted by Gasteiger charge is -2.33. The molecule has 6 nitrogen and oxygen atoms in total. The molecule has 1 fully saturated rings. The molecule has 0 saturated carbocycles. The Morgan fingerprint density at radius 3 is 2.29 bits per heavy atom. The van der Waals surface area contributed by atoms with Crippen molar-refractivity contribution in [3.05, 3.63) is 69.1 Å². The molecule has 0 aliphatic carbocycles. The van der Waals surface area contributed by atoms with Crippen molar-refractivity contribution in [1.82, 2.24) is 9.29 Å². The molecule has 1 aliphatic heterocycles. The van der Waals surface area contributed by atoms with Gasteiger partial charge in [-0.15, -0.1) is 24.5 Å². The zero-order valence-corrected chi connectivity index (χ0v) is 20.6. The third kappa shape index (κ3) is 5.95. The lowest BCUT2D eigenvalue weighted by molar-refractivity contribution is -0.274. The number of thiazole rings is 1. The number of sulfonamides is 1. The summed E-state index contributed by atoms with van der Waals surface area (Å²) in [4.78, 5) is 6.58. The fourth-order valence-corrected chi connectivity index (χ4v) is 6.09. The van der Waals surface area contributed by atoms with E-state index in [1.54, 1.807) is 12.1 Å². The summed E-state index contributed by atoms with van der Waals surface area (Å²) in [5.74, 6) is -0.475. The highest BCUT2D eigenvalue weighted by Gasteiger charge is 2.32. The van der Waals surface area contributed by atoms with Crippen LogP contribution in [0.4, 0.5) is 18.3 Å². The lowest BCUT2D eigenvalue weighted by Crippen LogP contribution is -2.48. The molecular formula is C21H18Cl2F3N3O3S2. The molecule has 3 aromatic rings. The van der Waals surface area contributed by atoms with E-state index in [4.69, 9.17) is 23.2 Å². The van der Waals surface area contributed by atoms with Gasteiger partial charge < -0.3 is 9.64 Å². The Bertz CT molecular complexity index is 1260. The van der Waals surface area contributed by atoms with Gasteiger partial charge in [0.1, 0.15) is 5.75 Å². The number of anilines is 1. The number of benzene rings is 2. The SMILES string of the molecule is O=S(=O)(c1ccc(OC(F)(F)F)cc1)N1CCN(c2nc(Cc3ccc(Cl)c(Cl)c3)cs2)CC1. The Kier molecular flexibility index (Phi) is 7.30. The van der Waals surface area contributed by atoms with E-state index in [-0.39, 0.29) is 18.0 Å². The molecule has 2 heterocycles. The van der Waals surface area contributed by atoms with E-state index in [1.807, 2.05) is 16.3 Å². The number of rotatable bonds is 6. The smallest absolute Gasteiger partial charge is 0.406 e. The van der Waals surface area contributed by atoms with E-state index in [2.05, 4.69) is 9.72 Å². The van der Waals surface area contributed by atoms with Crippen molar-refractivity contribution in [3.8, 4) is 5.75 Å². The summed E-state index contributed by atoms with van der Waals surface area (Å²) >= 11 is 13.5. The number of halogens is 5. The molecule has 0 radical (unpaired) electrons. The van der Waals surface area contributed by atoms with E-state index >= 15 is 0 Å². The molecule has 0 unspecified atom stereocenters. The summed E-state index contributed by atoms with van der Waals surface area (Å²) in [7, 11) is -3.84. The van der Waals surface area contributed by atoms with E-state index < -0.39 is 22.1 Å². The van der Waals surface area contributed by atoms with E-state index in [9.17, 15) is 21.6 Å². The number of hydrogen-bond acceptors (Lipinski definition) is 6. The summed E-state index contributed by atoms with van der Waals surface area (Å²) in [5.41, 5.74) is 1.85. The summed E-state index contributed by atoms with van der Waals surface area (Å²) in [6, 6.07) is 9.62. The Morgan fingerprint density at radius 2 is 1.68 bits per heavy atom. The average molecular weight is 552 g/mol. The summed E-state index contributed by atoms with van der Waals surface area (Å²) in [5, 5.41) is 3.71. The molecule has 2 aromatic carbocycles. The molecule has 13 heteroatoms. The largest absolute Gasteiger partial charge is 0.573 e. The fraction of sp³-hybridized carbons (Fsp3) is 0.286. The monoisotopic (exact) mass is 551 g/mol. The number of nitrogens with zero attached hydrogens (tertiary/aromatic N) is 3. The van der Waals surface area contributed by atoms with Crippen LogP contribution >= 0.6 is 34.5 Å². The van der Waals surface area contributed by atoms with Crippen molar-refractivity contribution < 1.29 is 26.3 Å². The van der Waals surface area contributed by atoms with Gasteiger partial charge in [0.05, 0.1) is 20.6 Å². The Hall–Kier alpha value is -2.05. The number of alkyl halides is 3. The zero-order chi connectivity index (χ0) is 24.5. The topological polar surface area (TPSA) is 62.7 Å². The standard InChI is InChI=1S/C21H18Cl2F3N3O3S2/c22-18-6-1-14(12-19(18)23)11-15-13-33-20(27-15)28-7-9-29(10-8-28)34(30,31)17-4-2-16(3-5-17)32-21(24,25)26/h1-6,12-13H,7-11H2. The van der Waals surface area contributed by atoms with Crippen LogP contribution in [0.2, 0.25) is 10.0 Å². The van der Waals surface area contributed by atoms with Crippen LogP contribution in [0, 0.1) is 0 Å². The van der Waals surface area contributed by atoms with Crippen molar-refractivity contribution in [2.24, 2.45) is 0 Å². The minimum absolute atomic E-state index is 0.0892. The van der Waals surface area contributed by atoms with Crippen molar-refractivity contribution in [1.29, 1.82) is 0 Å². The second-order valence-electron chi connectivity index (χ2n) is 7.46. The number of aromatic nitrogens is 1. The third-order valence-electron chi connectivity index (χ3n) is 5.11. The maximum atomic E-state index is 12.9. The van der Waals surface area contributed by atoms with Gasteiger partial charge in [0.25, 0.3) is 0 Å². The summed E-state index contributed by atoms with van der Waals surface area (Å²) in [6.07, 6.45) is -4.25. The molecule has 4 rings (SSSR count). The maximum absolute atomic E-state index is 12.9. The van der Waals surface area contributed by atoms with Crippen molar-refractivity contribution >= 4 is 49.7 Å². The molecule has 0 N–H and O–H groups in total.